The van der Waals surface area contributed by atoms with Crippen molar-refractivity contribution in [3.05, 3.63) is 51.8 Å². The third-order valence-electron chi connectivity index (χ3n) is 3.44. The molecule has 5 heteroatoms. The quantitative estimate of drug-likeness (QED) is 0.762. The Bertz CT molecular complexity index is 732. The summed E-state index contributed by atoms with van der Waals surface area (Å²) in [5.74, 6) is 0. The Balaban J connectivity index is 1.74. The molecule has 0 aliphatic heterocycles. The second-order valence-corrected chi connectivity index (χ2v) is 6.92. The second kappa shape index (κ2) is 5.68. The average Bonchev–Trinajstić information content (AvgIpc) is 3.03. The highest BCUT2D eigenvalue weighted by Gasteiger charge is 2.10. The van der Waals surface area contributed by atoms with E-state index in [4.69, 9.17) is 0 Å². The first kappa shape index (κ1) is 13.8. The van der Waals surface area contributed by atoms with Gasteiger partial charge in [0.15, 0.2) is 0 Å². The number of halogens is 1. The number of aryl methyl sites for hydroxylation is 1. The van der Waals surface area contributed by atoms with Crippen LogP contribution in [0.4, 0.5) is 0 Å². The minimum Gasteiger partial charge on any atom is -0.336 e. The molecule has 1 N–H and O–H groups in total. The Morgan fingerprint density at radius 2 is 2.30 bits per heavy atom. The van der Waals surface area contributed by atoms with E-state index in [-0.39, 0.29) is 6.04 Å². The third-order valence-corrected chi connectivity index (χ3v) is 5.23. The van der Waals surface area contributed by atoms with Crippen molar-refractivity contribution in [2.75, 3.05) is 0 Å². The monoisotopic (exact) mass is 349 g/mol. The molecule has 0 spiro atoms. The number of imidazole rings is 1. The topological polar surface area (TPSA) is 29.9 Å². The summed E-state index contributed by atoms with van der Waals surface area (Å²) in [7, 11) is 2.02. The third kappa shape index (κ3) is 2.66. The standard InChI is InChI=1S/C15H16BrN3S/c1-10(14-8-17-9-19(14)2)18-7-11-6-12-13(16)4-3-5-15(12)20-11/h3-6,8-10,18H,7H2,1-2H3. The van der Waals surface area contributed by atoms with Crippen LogP contribution in [-0.2, 0) is 13.6 Å². The highest BCUT2D eigenvalue weighted by Crippen LogP contribution is 2.31. The molecule has 2 heterocycles. The van der Waals surface area contributed by atoms with Crippen LogP contribution in [0.15, 0.2) is 41.3 Å². The van der Waals surface area contributed by atoms with Gasteiger partial charge in [-0.3, -0.25) is 0 Å². The highest BCUT2D eigenvalue weighted by molar-refractivity contribution is 9.10. The van der Waals surface area contributed by atoms with Gasteiger partial charge in [-0.2, -0.15) is 0 Å². The molecule has 1 aromatic carbocycles. The molecule has 1 unspecified atom stereocenters. The summed E-state index contributed by atoms with van der Waals surface area (Å²) in [4.78, 5) is 5.51. The summed E-state index contributed by atoms with van der Waals surface area (Å²) in [5, 5.41) is 4.85. The zero-order valence-electron chi connectivity index (χ0n) is 11.4. The van der Waals surface area contributed by atoms with Gasteiger partial charge < -0.3 is 9.88 Å². The van der Waals surface area contributed by atoms with Crippen molar-refractivity contribution < 1.29 is 0 Å². The maximum absolute atomic E-state index is 4.16. The molecule has 2 aromatic heterocycles. The van der Waals surface area contributed by atoms with Gasteiger partial charge in [-0.05, 0) is 25.1 Å². The van der Waals surface area contributed by atoms with Gasteiger partial charge in [-0.1, -0.05) is 22.0 Å². The molecule has 0 radical (unpaired) electrons. The Hall–Kier alpha value is -1.17. The van der Waals surface area contributed by atoms with E-state index in [9.17, 15) is 0 Å². The van der Waals surface area contributed by atoms with Gasteiger partial charge in [0.2, 0.25) is 0 Å². The van der Waals surface area contributed by atoms with Crippen LogP contribution in [0.1, 0.15) is 23.5 Å². The minimum atomic E-state index is 0.288. The lowest BCUT2D eigenvalue weighted by Crippen LogP contribution is -2.19. The van der Waals surface area contributed by atoms with Crippen molar-refractivity contribution in [2.45, 2.75) is 19.5 Å². The largest absolute Gasteiger partial charge is 0.336 e. The van der Waals surface area contributed by atoms with Gasteiger partial charge >= 0.3 is 0 Å². The predicted molar refractivity (Wildman–Crippen MR) is 88.0 cm³/mol. The molecule has 20 heavy (non-hydrogen) atoms. The van der Waals surface area contributed by atoms with Crippen LogP contribution in [0, 0.1) is 0 Å². The lowest BCUT2D eigenvalue weighted by Gasteiger charge is -2.13. The fraction of sp³-hybridized carbons (Fsp3) is 0.267. The average molecular weight is 350 g/mol. The predicted octanol–water partition coefficient (Wildman–Crippen LogP) is 4.25. The molecule has 0 saturated carbocycles. The summed E-state index contributed by atoms with van der Waals surface area (Å²) in [6, 6.07) is 8.88. The van der Waals surface area contributed by atoms with Crippen molar-refractivity contribution in [2.24, 2.45) is 7.05 Å². The Morgan fingerprint density at radius 3 is 3.00 bits per heavy atom. The van der Waals surface area contributed by atoms with E-state index >= 15 is 0 Å². The van der Waals surface area contributed by atoms with E-state index in [1.807, 2.05) is 30.9 Å². The fourth-order valence-corrected chi connectivity index (χ4v) is 3.96. The molecule has 3 rings (SSSR count). The maximum Gasteiger partial charge on any atom is 0.0946 e. The number of aromatic nitrogens is 2. The number of hydrogen-bond donors (Lipinski definition) is 1. The number of thiophene rings is 1. The van der Waals surface area contributed by atoms with Crippen molar-refractivity contribution in [3.63, 3.8) is 0 Å². The number of fused-ring (bicyclic) bond motifs is 1. The summed E-state index contributed by atoms with van der Waals surface area (Å²) >= 11 is 5.45. The van der Waals surface area contributed by atoms with Gasteiger partial charge in [0.25, 0.3) is 0 Å². The lowest BCUT2D eigenvalue weighted by molar-refractivity contribution is 0.548. The zero-order chi connectivity index (χ0) is 14.1. The molecule has 0 fully saturated rings. The van der Waals surface area contributed by atoms with E-state index in [1.54, 1.807) is 0 Å². The molecule has 0 amide bonds. The smallest absolute Gasteiger partial charge is 0.0946 e. The molecule has 0 bridgehead atoms. The van der Waals surface area contributed by atoms with Gasteiger partial charge in [0.05, 0.1) is 12.0 Å². The molecule has 0 aliphatic rings. The van der Waals surface area contributed by atoms with Crippen molar-refractivity contribution in [3.8, 4) is 0 Å². The van der Waals surface area contributed by atoms with Crippen LogP contribution in [0.3, 0.4) is 0 Å². The molecule has 3 nitrogen and oxygen atoms in total. The number of hydrogen-bond acceptors (Lipinski definition) is 3. The molecule has 104 valence electrons. The Labute approximate surface area is 130 Å². The maximum atomic E-state index is 4.16. The number of rotatable bonds is 4. The summed E-state index contributed by atoms with van der Waals surface area (Å²) in [5.41, 5.74) is 1.20. The van der Waals surface area contributed by atoms with Gasteiger partial charge in [0.1, 0.15) is 0 Å². The molecule has 3 aromatic rings. The number of nitrogens with one attached hydrogen (secondary N) is 1. The lowest BCUT2D eigenvalue weighted by atomic mass is 10.2. The zero-order valence-corrected chi connectivity index (χ0v) is 13.8. The van der Waals surface area contributed by atoms with Crippen LogP contribution in [0.25, 0.3) is 10.1 Å². The minimum absolute atomic E-state index is 0.288. The Kier molecular flexibility index (Phi) is 3.92. The summed E-state index contributed by atoms with van der Waals surface area (Å²) in [6.07, 6.45) is 3.75. The molecular weight excluding hydrogens is 334 g/mol. The SMILES string of the molecule is CC(NCc1cc2c(Br)cccc2s1)c1cncn1C. The number of benzene rings is 1. The molecule has 0 aliphatic carbocycles. The molecule has 1 atom stereocenters. The van der Waals surface area contributed by atoms with Crippen LogP contribution >= 0.6 is 27.3 Å². The van der Waals surface area contributed by atoms with E-state index in [2.05, 4.69) is 62.0 Å². The van der Waals surface area contributed by atoms with Crippen molar-refractivity contribution in [1.29, 1.82) is 0 Å². The normalized spacial score (nSPS) is 12.9. The van der Waals surface area contributed by atoms with Crippen molar-refractivity contribution in [1.82, 2.24) is 14.9 Å². The molecular formula is C15H16BrN3S. The Morgan fingerprint density at radius 1 is 1.45 bits per heavy atom. The van der Waals surface area contributed by atoms with E-state index in [0.29, 0.717) is 0 Å². The molecule has 0 saturated heterocycles. The number of nitrogens with zero attached hydrogens (tertiary/aromatic N) is 2. The van der Waals surface area contributed by atoms with Crippen LogP contribution in [0.5, 0.6) is 0 Å². The van der Waals surface area contributed by atoms with Crippen molar-refractivity contribution >= 4 is 37.4 Å². The van der Waals surface area contributed by atoms with Crippen LogP contribution in [-0.4, -0.2) is 9.55 Å². The van der Waals surface area contributed by atoms with Crippen LogP contribution < -0.4 is 5.32 Å². The van der Waals surface area contributed by atoms with Gasteiger partial charge in [-0.15, -0.1) is 11.3 Å². The summed E-state index contributed by atoms with van der Waals surface area (Å²) < 4.78 is 4.54. The fourth-order valence-electron chi connectivity index (χ4n) is 2.31. The van der Waals surface area contributed by atoms with E-state index < -0.39 is 0 Å². The first-order valence-corrected chi connectivity index (χ1v) is 8.12. The highest BCUT2D eigenvalue weighted by atomic mass is 79.9. The van der Waals surface area contributed by atoms with Gasteiger partial charge in [-0.25, -0.2) is 4.98 Å². The van der Waals surface area contributed by atoms with Gasteiger partial charge in [0, 0.05) is 45.3 Å². The van der Waals surface area contributed by atoms with E-state index in [0.717, 1.165) is 11.0 Å². The second-order valence-electron chi connectivity index (χ2n) is 4.90. The van der Waals surface area contributed by atoms with Crippen LogP contribution in [0.2, 0.25) is 0 Å². The van der Waals surface area contributed by atoms with E-state index in [1.165, 1.54) is 20.7 Å². The first-order chi connectivity index (χ1) is 9.65. The first-order valence-electron chi connectivity index (χ1n) is 6.51. The summed E-state index contributed by atoms with van der Waals surface area (Å²) in [6.45, 7) is 3.04.